The van der Waals surface area contributed by atoms with E-state index in [-0.39, 0.29) is 46.7 Å². The zero-order chi connectivity index (χ0) is 59.1. The van der Waals surface area contributed by atoms with Gasteiger partial charge < -0.3 is 29.5 Å². The number of rotatable bonds is 8. The Labute approximate surface area is 472 Å². The smallest absolute Gasteiger partial charge is 0.410 e. The average molecular weight is 1140 g/mol. The largest absolute Gasteiger partial charge is 0.444 e. The summed E-state index contributed by atoms with van der Waals surface area (Å²) in [6.07, 6.45) is -14.3. The molecule has 6 aromatic rings. The number of alkyl halides is 6. The molecule has 2 fully saturated rings. The Balaban J connectivity index is 0.000000198. The minimum atomic E-state index is -4.86. The number of Topliss-reactive ketones (excluding diaryl/α,β-unsaturated/α-hetero) is 2. The van der Waals surface area contributed by atoms with Crippen LogP contribution in [0.1, 0.15) is 159 Å². The number of benzene rings is 4. The van der Waals surface area contributed by atoms with Crippen LogP contribution in [0.4, 0.5) is 35.9 Å². The number of aliphatic hydroxyl groups is 2. The highest BCUT2D eigenvalue weighted by Gasteiger charge is 2.56. The van der Waals surface area contributed by atoms with Crippen LogP contribution in [0.5, 0.6) is 0 Å². The van der Waals surface area contributed by atoms with Crippen molar-refractivity contribution in [2.75, 3.05) is 26.2 Å². The summed E-state index contributed by atoms with van der Waals surface area (Å²) in [7, 11) is 0. The van der Waals surface area contributed by atoms with Gasteiger partial charge in [-0.2, -0.15) is 36.5 Å². The Morgan fingerprint density at radius 1 is 0.488 bits per heavy atom. The number of hydrogen-bond acceptors (Lipinski definition) is 10. The number of hydrogen-bond donors (Lipinski definition) is 2. The quantitative estimate of drug-likeness (QED) is 0.140. The van der Waals surface area contributed by atoms with E-state index in [1.807, 2.05) is 121 Å². The minimum Gasteiger partial charge on any atom is -0.444 e. The van der Waals surface area contributed by atoms with Crippen LogP contribution in [-0.4, -0.2) is 125 Å². The number of carbonyl (C=O) groups excluding carboxylic acids is 4. The summed E-state index contributed by atoms with van der Waals surface area (Å²) in [4.78, 5) is 54.0. The van der Waals surface area contributed by atoms with Crippen LogP contribution in [0, 0.1) is 0 Å². The van der Waals surface area contributed by atoms with Crippen molar-refractivity contribution in [1.82, 2.24) is 29.4 Å². The fourth-order valence-corrected chi connectivity index (χ4v) is 11.8. The molecule has 0 unspecified atom stereocenters. The van der Waals surface area contributed by atoms with E-state index in [4.69, 9.17) is 19.7 Å². The summed E-state index contributed by atoms with van der Waals surface area (Å²) in [6.45, 7) is 11.8. The van der Waals surface area contributed by atoms with Gasteiger partial charge >= 0.3 is 24.5 Å². The van der Waals surface area contributed by atoms with Crippen molar-refractivity contribution >= 4 is 23.8 Å². The first-order valence-corrected chi connectivity index (χ1v) is 27.6. The van der Waals surface area contributed by atoms with Gasteiger partial charge in [-0.15, -0.1) is 0 Å². The molecule has 82 heavy (non-hydrogen) atoms. The van der Waals surface area contributed by atoms with E-state index in [1.165, 1.54) is 0 Å². The molecule has 0 saturated carbocycles. The molecule has 2 aromatic heterocycles. The maximum absolute atomic E-state index is 14.6. The molecule has 0 spiro atoms. The lowest BCUT2D eigenvalue weighted by atomic mass is 9.78. The van der Waals surface area contributed by atoms with Crippen LogP contribution in [0.25, 0.3) is 0 Å². The molecule has 4 heterocycles. The number of fused-ring (bicyclic) bond motifs is 2. The van der Waals surface area contributed by atoms with Gasteiger partial charge in [0.25, 0.3) is 0 Å². The van der Waals surface area contributed by atoms with E-state index < -0.39 is 95.3 Å². The molecule has 20 heteroatoms. The number of ether oxygens (including phenoxy) is 2. The van der Waals surface area contributed by atoms with Crippen molar-refractivity contribution in [3.05, 3.63) is 177 Å². The monoisotopic (exact) mass is 1140 g/mol. The van der Waals surface area contributed by atoms with E-state index in [9.17, 15) is 55.7 Å². The first-order chi connectivity index (χ1) is 38.7. The Morgan fingerprint density at radius 3 is 1.00 bits per heavy atom. The second-order valence-corrected chi connectivity index (χ2v) is 23.5. The number of amides is 2. The van der Waals surface area contributed by atoms with Gasteiger partial charge in [0.1, 0.15) is 47.3 Å². The summed E-state index contributed by atoms with van der Waals surface area (Å²) in [6, 6.07) is 36.1. The molecule has 4 aliphatic rings. The second-order valence-electron chi connectivity index (χ2n) is 23.5. The lowest BCUT2D eigenvalue weighted by Gasteiger charge is -2.34. The van der Waals surface area contributed by atoms with E-state index in [0.717, 1.165) is 22.3 Å². The molecule has 0 radical (unpaired) electrons. The summed E-state index contributed by atoms with van der Waals surface area (Å²) in [5, 5.41) is 30.8. The zero-order valence-corrected chi connectivity index (χ0v) is 46.5. The summed E-state index contributed by atoms with van der Waals surface area (Å²) >= 11 is 0. The highest BCUT2D eigenvalue weighted by atomic mass is 19.4. The number of likely N-dealkylation sites (tertiary alicyclic amines) is 2. The van der Waals surface area contributed by atoms with Gasteiger partial charge in [-0.3, -0.25) is 19.0 Å². The molecule has 2 N–H and O–H groups in total. The second kappa shape index (κ2) is 23.5. The molecule has 2 aliphatic heterocycles. The lowest BCUT2D eigenvalue weighted by molar-refractivity contribution is -0.179. The van der Waals surface area contributed by atoms with Crippen LogP contribution < -0.4 is 0 Å². The van der Waals surface area contributed by atoms with Crippen molar-refractivity contribution < 1.29 is 65.2 Å². The number of aliphatic hydroxyl groups excluding tert-OH is 2. The van der Waals surface area contributed by atoms with E-state index >= 15 is 0 Å². The predicted molar refractivity (Wildman–Crippen MR) is 291 cm³/mol. The zero-order valence-electron chi connectivity index (χ0n) is 46.5. The van der Waals surface area contributed by atoms with Crippen molar-refractivity contribution in [1.29, 1.82) is 0 Å². The molecule has 0 bridgehead atoms. The van der Waals surface area contributed by atoms with Crippen molar-refractivity contribution in [2.24, 2.45) is 0 Å². The summed E-state index contributed by atoms with van der Waals surface area (Å²) < 4.78 is 101. The fraction of sp³-hybridized carbons (Fsp3) is 0.452. The molecular formula is C62H68F6N6O8. The van der Waals surface area contributed by atoms with Crippen LogP contribution in [0.15, 0.2) is 121 Å². The fourth-order valence-electron chi connectivity index (χ4n) is 11.8. The number of nitrogens with zero attached hydrogens (tertiary/aromatic N) is 6. The van der Waals surface area contributed by atoms with E-state index in [0.29, 0.717) is 51.9 Å². The van der Waals surface area contributed by atoms with Gasteiger partial charge in [0.15, 0.2) is 11.6 Å². The molecule has 436 valence electrons. The molecule has 4 atom stereocenters. The van der Waals surface area contributed by atoms with E-state index in [2.05, 4.69) is 0 Å². The third kappa shape index (κ3) is 12.8. The van der Waals surface area contributed by atoms with Crippen LogP contribution in [0.3, 0.4) is 0 Å². The van der Waals surface area contributed by atoms with Crippen LogP contribution in [0.2, 0.25) is 0 Å². The highest BCUT2D eigenvalue weighted by Crippen LogP contribution is 2.50. The minimum absolute atomic E-state index is 0.114. The number of ketones is 2. The standard InChI is InChI=1S/2C31H34F3N3O4/c2*1-30(2,3)41-29(40)36-16-14-19(15-17-36)26-24-22(18-23(38)28(39)25(24)31(32,33)34)37(35-26)27(20-10-6-4-7-11-20)21-12-8-5-9-13-21/h2*4-13,19,25,27-28,39H,14-18H2,1-3H3/t2*25-,28-/m10/s1. The van der Waals surface area contributed by atoms with Crippen molar-refractivity contribution in [2.45, 2.75) is 152 Å². The van der Waals surface area contributed by atoms with Crippen LogP contribution >= 0.6 is 0 Å². The topological polar surface area (TPSA) is 169 Å². The Bertz CT molecular complexity index is 2920. The predicted octanol–water partition coefficient (Wildman–Crippen LogP) is 11.5. The third-order valence-electron chi connectivity index (χ3n) is 15.5. The molecule has 2 amide bonds. The highest BCUT2D eigenvalue weighted by molar-refractivity contribution is 5.89. The number of carbonyl (C=O) groups is 4. The van der Waals surface area contributed by atoms with Gasteiger partial charge in [-0.25, -0.2) is 9.59 Å². The first kappa shape index (κ1) is 59.3. The van der Waals surface area contributed by atoms with Gasteiger partial charge in [0.05, 0.1) is 35.6 Å². The van der Waals surface area contributed by atoms with Gasteiger partial charge in [-0.05, 0) is 89.5 Å². The number of aromatic nitrogens is 4. The Hall–Kier alpha value is -7.32. The maximum atomic E-state index is 14.6. The number of halogens is 6. The normalized spacial score (nSPS) is 20.3. The molecule has 14 nitrogen and oxygen atoms in total. The first-order valence-electron chi connectivity index (χ1n) is 27.6. The van der Waals surface area contributed by atoms with Gasteiger partial charge in [0, 0.05) is 49.1 Å². The van der Waals surface area contributed by atoms with E-state index in [1.54, 1.807) is 60.7 Å². The van der Waals surface area contributed by atoms with Gasteiger partial charge in [-0.1, -0.05) is 121 Å². The average Bonchev–Trinajstić information content (AvgIpc) is 2.91. The summed E-state index contributed by atoms with van der Waals surface area (Å²) in [5.74, 6) is -7.32. The molecule has 10 rings (SSSR count). The third-order valence-corrected chi connectivity index (χ3v) is 15.5. The molecule has 2 saturated heterocycles. The molecule has 2 aliphatic carbocycles. The maximum Gasteiger partial charge on any atom is 0.410 e. The summed E-state index contributed by atoms with van der Waals surface area (Å²) in [5.41, 5.74) is 2.45. The lowest BCUT2D eigenvalue weighted by Crippen LogP contribution is -2.44. The molecule has 4 aromatic carbocycles. The van der Waals surface area contributed by atoms with Crippen molar-refractivity contribution in [3.8, 4) is 0 Å². The Morgan fingerprint density at radius 2 is 0.756 bits per heavy atom. The van der Waals surface area contributed by atoms with Gasteiger partial charge in [0.2, 0.25) is 0 Å². The van der Waals surface area contributed by atoms with Crippen molar-refractivity contribution in [3.63, 3.8) is 0 Å². The SMILES string of the molecule is CC(C)(C)OC(=O)N1CCC(c2nn(C(c3ccccc3)c3ccccc3)c3c2[C@@H](C(F)(F)F)[C@H](O)C(=O)C3)CC1.CC(C)(C)OC(=O)N1CCC(c2nn(C(c3ccccc3)c3ccccc3)c3c2[C@H](C(F)(F)F)[C@@H](O)C(=O)C3)CC1. The Kier molecular flexibility index (Phi) is 17.0. The van der Waals surface area contributed by atoms with Crippen LogP contribution in [-0.2, 0) is 31.9 Å². The molecular weight excluding hydrogens is 1070 g/mol. The number of piperidine rings is 2.